The minimum Gasteiger partial charge on any atom is -0.361 e. The Balaban J connectivity index is 2.16. The summed E-state index contributed by atoms with van der Waals surface area (Å²) in [4.78, 5) is 14.7. The molecule has 2 aromatic rings. The van der Waals surface area contributed by atoms with Crippen LogP contribution in [0.3, 0.4) is 0 Å². The van der Waals surface area contributed by atoms with Gasteiger partial charge in [0.25, 0.3) is 5.91 Å². The summed E-state index contributed by atoms with van der Waals surface area (Å²) in [6.45, 7) is 4.22. The maximum absolute atomic E-state index is 12.3. The standard InChI is InChI=1S/C12H12Br2N2O2S/c1-6-8(7(2)18-15-6)5-16(3)12(17)10-4-9(13)11(14)19-10/h4H,5H2,1-3H3. The molecule has 0 aromatic carbocycles. The number of hydrogen-bond donors (Lipinski definition) is 0. The molecular weight excluding hydrogens is 396 g/mol. The highest BCUT2D eigenvalue weighted by atomic mass is 79.9. The van der Waals surface area contributed by atoms with Crippen LogP contribution in [0, 0.1) is 13.8 Å². The largest absolute Gasteiger partial charge is 0.361 e. The molecule has 0 spiro atoms. The van der Waals surface area contributed by atoms with E-state index in [1.807, 2.05) is 19.9 Å². The fraction of sp³-hybridized carbons (Fsp3) is 0.333. The van der Waals surface area contributed by atoms with E-state index in [1.54, 1.807) is 11.9 Å². The van der Waals surface area contributed by atoms with Crippen molar-refractivity contribution < 1.29 is 9.32 Å². The normalized spacial score (nSPS) is 10.8. The van der Waals surface area contributed by atoms with Crippen LogP contribution in [0.2, 0.25) is 0 Å². The van der Waals surface area contributed by atoms with Gasteiger partial charge in [0.1, 0.15) is 5.76 Å². The van der Waals surface area contributed by atoms with Gasteiger partial charge in [0.2, 0.25) is 0 Å². The average Bonchev–Trinajstić information content (AvgIpc) is 2.85. The van der Waals surface area contributed by atoms with Crippen molar-refractivity contribution >= 4 is 49.1 Å². The smallest absolute Gasteiger partial charge is 0.264 e. The van der Waals surface area contributed by atoms with Crippen molar-refractivity contribution in [3.63, 3.8) is 0 Å². The van der Waals surface area contributed by atoms with Crippen LogP contribution >= 0.6 is 43.2 Å². The van der Waals surface area contributed by atoms with Crippen LogP contribution in [0.4, 0.5) is 0 Å². The molecular formula is C12H12Br2N2O2S. The Hall–Kier alpha value is -0.660. The van der Waals surface area contributed by atoms with E-state index in [1.165, 1.54) is 11.3 Å². The van der Waals surface area contributed by atoms with Gasteiger partial charge in [0.05, 0.1) is 20.9 Å². The number of carbonyl (C=O) groups is 1. The minimum atomic E-state index is -0.0172. The van der Waals surface area contributed by atoms with E-state index in [4.69, 9.17) is 4.52 Å². The van der Waals surface area contributed by atoms with Gasteiger partial charge in [-0.3, -0.25) is 4.79 Å². The Morgan fingerprint density at radius 2 is 2.16 bits per heavy atom. The zero-order chi connectivity index (χ0) is 14.2. The molecule has 2 heterocycles. The van der Waals surface area contributed by atoms with Crippen LogP contribution in [-0.4, -0.2) is 23.0 Å². The Morgan fingerprint density at radius 1 is 1.47 bits per heavy atom. The van der Waals surface area contributed by atoms with Crippen molar-refractivity contribution in [3.8, 4) is 0 Å². The third-order valence-corrected chi connectivity index (χ3v) is 6.02. The summed E-state index contributed by atoms with van der Waals surface area (Å²) in [7, 11) is 1.77. The molecule has 7 heteroatoms. The number of aryl methyl sites for hydroxylation is 2. The van der Waals surface area contributed by atoms with Gasteiger partial charge in [-0.2, -0.15) is 0 Å². The molecule has 0 N–H and O–H groups in total. The van der Waals surface area contributed by atoms with Crippen LogP contribution < -0.4 is 0 Å². The lowest BCUT2D eigenvalue weighted by Gasteiger charge is -2.15. The predicted octanol–water partition coefficient (Wildman–Crippen LogP) is 4.15. The van der Waals surface area contributed by atoms with Crippen LogP contribution in [0.1, 0.15) is 26.7 Å². The van der Waals surface area contributed by atoms with E-state index in [-0.39, 0.29) is 5.91 Å². The van der Waals surface area contributed by atoms with E-state index >= 15 is 0 Å². The highest BCUT2D eigenvalue weighted by Gasteiger charge is 2.19. The molecule has 0 fully saturated rings. The van der Waals surface area contributed by atoms with Gasteiger partial charge in [0, 0.05) is 17.1 Å². The highest BCUT2D eigenvalue weighted by molar-refractivity contribution is 9.13. The van der Waals surface area contributed by atoms with Crippen molar-refractivity contribution in [2.75, 3.05) is 7.05 Å². The van der Waals surface area contributed by atoms with Crippen LogP contribution in [-0.2, 0) is 6.54 Å². The van der Waals surface area contributed by atoms with Crippen molar-refractivity contribution in [1.29, 1.82) is 0 Å². The van der Waals surface area contributed by atoms with E-state index in [2.05, 4.69) is 37.0 Å². The molecule has 0 aliphatic heterocycles. The lowest BCUT2D eigenvalue weighted by molar-refractivity contribution is 0.0789. The molecule has 19 heavy (non-hydrogen) atoms. The molecule has 0 aliphatic rings. The summed E-state index contributed by atoms with van der Waals surface area (Å²) in [6, 6.07) is 1.82. The van der Waals surface area contributed by atoms with Gasteiger partial charge >= 0.3 is 0 Å². The number of thiophene rings is 1. The average molecular weight is 408 g/mol. The summed E-state index contributed by atoms with van der Waals surface area (Å²) < 4.78 is 6.92. The number of amides is 1. The molecule has 0 saturated carbocycles. The lowest BCUT2D eigenvalue weighted by atomic mass is 10.2. The zero-order valence-corrected chi connectivity index (χ0v) is 14.6. The summed E-state index contributed by atoms with van der Waals surface area (Å²) in [5.74, 6) is 0.738. The second-order valence-electron chi connectivity index (χ2n) is 4.20. The second-order valence-corrected chi connectivity index (χ2v) is 7.42. The summed E-state index contributed by atoms with van der Waals surface area (Å²) in [5.41, 5.74) is 1.79. The van der Waals surface area contributed by atoms with Crippen LogP contribution in [0.5, 0.6) is 0 Å². The Morgan fingerprint density at radius 3 is 2.63 bits per heavy atom. The quantitative estimate of drug-likeness (QED) is 0.767. The predicted molar refractivity (Wildman–Crippen MR) is 81.5 cm³/mol. The van der Waals surface area contributed by atoms with E-state index in [0.717, 1.165) is 25.3 Å². The lowest BCUT2D eigenvalue weighted by Crippen LogP contribution is -2.25. The molecule has 0 radical (unpaired) electrons. The highest BCUT2D eigenvalue weighted by Crippen LogP contribution is 2.33. The van der Waals surface area contributed by atoms with Crippen LogP contribution in [0.15, 0.2) is 18.8 Å². The molecule has 0 saturated heterocycles. The maximum Gasteiger partial charge on any atom is 0.264 e. The first-order chi connectivity index (χ1) is 8.90. The first-order valence-electron chi connectivity index (χ1n) is 5.52. The van der Waals surface area contributed by atoms with E-state index in [9.17, 15) is 4.79 Å². The third kappa shape index (κ3) is 3.09. The molecule has 0 bridgehead atoms. The molecule has 1 amide bonds. The Bertz CT molecular complexity index is 582. The molecule has 0 unspecified atom stereocenters. The molecule has 2 rings (SSSR count). The van der Waals surface area contributed by atoms with Crippen molar-refractivity contribution in [3.05, 3.63) is 36.2 Å². The molecule has 0 atom stereocenters. The molecule has 4 nitrogen and oxygen atoms in total. The zero-order valence-electron chi connectivity index (χ0n) is 10.7. The summed E-state index contributed by atoms with van der Waals surface area (Å²) in [5, 5.41) is 3.89. The SMILES string of the molecule is Cc1noc(C)c1CN(C)C(=O)c1cc(Br)c(Br)s1. The van der Waals surface area contributed by atoms with Gasteiger partial charge < -0.3 is 9.42 Å². The first-order valence-corrected chi connectivity index (χ1v) is 7.92. The van der Waals surface area contributed by atoms with E-state index in [0.29, 0.717) is 11.4 Å². The minimum absolute atomic E-state index is 0.0172. The summed E-state index contributed by atoms with van der Waals surface area (Å²) >= 11 is 8.19. The van der Waals surface area contributed by atoms with Gasteiger partial charge in [-0.25, -0.2) is 0 Å². The maximum atomic E-state index is 12.3. The molecule has 2 aromatic heterocycles. The van der Waals surface area contributed by atoms with E-state index < -0.39 is 0 Å². The summed E-state index contributed by atoms with van der Waals surface area (Å²) in [6.07, 6.45) is 0. The Kier molecular flexibility index (Phi) is 4.47. The van der Waals surface area contributed by atoms with Crippen LogP contribution in [0.25, 0.3) is 0 Å². The van der Waals surface area contributed by atoms with Crippen molar-refractivity contribution in [1.82, 2.24) is 10.1 Å². The Labute approximate surface area is 132 Å². The monoisotopic (exact) mass is 406 g/mol. The van der Waals surface area contributed by atoms with Crippen molar-refractivity contribution in [2.24, 2.45) is 0 Å². The van der Waals surface area contributed by atoms with Gasteiger partial charge in [0.15, 0.2) is 0 Å². The number of hydrogen-bond acceptors (Lipinski definition) is 4. The fourth-order valence-electron chi connectivity index (χ4n) is 1.68. The van der Waals surface area contributed by atoms with Gasteiger partial charge in [-0.05, 0) is 51.8 Å². The number of nitrogens with zero attached hydrogens (tertiary/aromatic N) is 2. The molecule has 0 aliphatic carbocycles. The second kappa shape index (κ2) is 5.76. The number of rotatable bonds is 3. The number of aromatic nitrogens is 1. The topological polar surface area (TPSA) is 46.3 Å². The fourth-order valence-corrected chi connectivity index (χ4v) is 3.71. The first kappa shape index (κ1) is 14.7. The van der Waals surface area contributed by atoms with Gasteiger partial charge in [-0.15, -0.1) is 11.3 Å². The molecule has 102 valence electrons. The van der Waals surface area contributed by atoms with Crippen molar-refractivity contribution in [2.45, 2.75) is 20.4 Å². The third-order valence-electron chi connectivity index (χ3n) is 2.78. The number of carbonyl (C=O) groups excluding carboxylic acids is 1. The number of halogens is 2. The van der Waals surface area contributed by atoms with Gasteiger partial charge in [-0.1, -0.05) is 5.16 Å².